The van der Waals surface area contributed by atoms with Gasteiger partial charge in [-0.05, 0) is 30.5 Å². The monoisotopic (exact) mass is 677 g/mol. The van der Waals surface area contributed by atoms with E-state index < -0.39 is 57.9 Å². The predicted molar refractivity (Wildman–Crippen MR) is 155 cm³/mol. The molecule has 2 atom stereocenters. The highest BCUT2D eigenvalue weighted by molar-refractivity contribution is 7.90. The second kappa shape index (κ2) is 13.4. The number of nitrogens with one attached hydrogen (secondary N) is 2. The number of halogens is 7. The van der Waals surface area contributed by atoms with Crippen LogP contribution in [-0.2, 0) is 16.4 Å². The van der Waals surface area contributed by atoms with Gasteiger partial charge in [-0.15, -0.1) is 0 Å². The number of anilines is 1. The van der Waals surface area contributed by atoms with E-state index >= 15 is 0 Å². The van der Waals surface area contributed by atoms with E-state index in [2.05, 4.69) is 27.5 Å². The van der Waals surface area contributed by atoms with Gasteiger partial charge in [0.1, 0.15) is 28.5 Å². The Morgan fingerprint density at radius 2 is 1.80 bits per heavy atom. The third-order valence-corrected chi connectivity index (χ3v) is 8.39. The molecule has 1 amide bonds. The van der Waals surface area contributed by atoms with Crippen LogP contribution in [0.3, 0.4) is 0 Å². The molecular formula is C29H30F7N5O4S. The topological polar surface area (TPSA) is 106 Å². The van der Waals surface area contributed by atoms with E-state index in [1.165, 1.54) is 24.1 Å². The molecule has 3 aromatic rings. The summed E-state index contributed by atoms with van der Waals surface area (Å²) >= 11 is 0. The Bertz CT molecular complexity index is 1780. The number of fused-ring (bicyclic) bond motifs is 1. The number of hydrogen-bond donors (Lipinski definition) is 2. The Labute approximate surface area is 260 Å². The van der Waals surface area contributed by atoms with Crippen LogP contribution in [0.2, 0.25) is 0 Å². The van der Waals surface area contributed by atoms with Gasteiger partial charge < -0.3 is 19.9 Å². The van der Waals surface area contributed by atoms with Gasteiger partial charge in [0.25, 0.3) is 5.91 Å². The Morgan fingerprint density at radius 1 is 1.11 bits per heavy atom. The highest BCUT2D eigenvalue weighted by Crippen LogP contribution is 2.30. The zero-order chi connectivity index (χ0) is 34.0. The minimum atomic E-state index is -4.60. The molecule has 2 aromatic carbocycles. The van der Waals surface area contributed by atoms with Gasteiger partial charge in [0.05, 0.1) is 43.3 Å². The van der Waals surface area contributed by atoms with Crippen LogP contribution in [0.15, 0.2) is 35.5 Å². The third-order valence-electron chi connectivity index (χ3n) is 7.28. The number of imidazole rings is 1. The number of sulfone groups is 1. The van der Waals surface area contributed by atoms with Gasteiger partial charge >= 0.3 is 12.4 Å². The van der Waals surface area contributed by atoms with E-state index in [1.807, 2.05) is 0 Å². The summed E-state index contributed by atoms with van der Waals surface area (Å²) < 4.78 is 122. The maximum atomic E-state index is 14.2. The fraction of sp³-hybridized carbons (Fsp3) is 0.448. The molecule has 250 valence electrons. The standard InChI is InChI=1S/C29H30F7N5O4S/c1-17-13-40(14-28(31,32)33)8-6-21(17)39-27(42)19-9-18(10-23-26(19)38-16-41(23)15-29(34,35)36)5-4-7-37-22-12-25(46(3,43)44)20(30)11-24(22)45-2/h9-12,16-17,21,37H,6-8,13-15H2,1-3H3,(H,39,42)/t17-,21-/m0/s1. The average Bonchev–Trinajstić information content (AvgIpc) is 3.31. The van der Waals surface area contributed by atoms with E-state index in [4.69, 9.17) is 4.74 Å². The fourth-order valence-corrected chi connectivity index (χ4v) is 5.97. The highest BCUT2D eigenvalue weighted by Gasteiger charge is 2.36. The number of nitrogens with zero attached hydrogens (tertiary/aromatic N) is 3. The summed E-state index contributed by atoms with van der Waals surface area (Å²) in [5, 5.41) is 5.61. The lowest BCUT2D eigenvalue weighted by Gasteiger charge is -2.37. The van der Waals surface area contributed by atoms with Crippen molar-refractivity contribution in [2.75, 3.05) is 44.9 Å². The molecule has 1 aliphatic rings. The van der Waals surface area contributed by atoms with Gasteiger partial charge in [0.15, 0.2) is 9.84 Å². The van der Waals surface area contributed by atoms with E-state index in [1.54, 1.807) is 6.92 Å². The maximum Gasteiger partial charge on any atom is 0.406 e. The quantitative estimate of drug-likeness (QED) is 0.265. The number of alkyl halides is 6. The minimum Gasteiger partial charge on any atom is -0.494 e. The van der Waals surface area contributed by atoms with Crippen molar-refractivity contribution in [3.05, 3.63) is 47.5 Å². The molecule has 1 aliphatic heterocycles. The lowest BCUT2D eigenvalue weighted by Crippen LogP contribution is -2.51. The van der Waals surface area contributed by atoms with E-state index in [-0.39, 0.29) is 65.6 Å². The van der Waals surface area contributed by atoms with Gasteiger partial charge in [-0.3, -0.25) is 9.69 Å². The molecule has 4 rings (SSSR count). The number of amides is 1. The molecular weight excluding hydrogens is 647 g/mol. The number of rotatable bonds is 8. The number of carbonyl (C=O) groups excluding carboxylic acids is 1. The van der Waals surface area contributed by atoms with Crippen molar-refractivity contribution in [3.8, 4) is 17.6 Å². The molecule has 9 nitrogen and oxygen atoms in total. The number of methoxy groups -OCH3 is 1. The minimum absolute atomic E-state index is 0.00148. The molecule has 0 bridgehead atoms. The Morgan fingerprint density at radius 3 is 2.41 bits per heavy atom. The molecule has 1 aromatic heterocycles. The van der Waals surface area contributed by atoms with Crippen molar-refractivity contribution in [1.29, 1.82) is 0 Å². The van der Waals surface area contributed by atoms with Crippen LogP contribution in [-0.4, -0.2) is 86.7 Å². The van der Waals surface area contributed by atoms with Crippen LogP contribution in [0.1, 0.15) is 29.3 Å². The van der Waals surface area contributed by atoms with Crippen molar-refractivity contribution in [1.82, 2.24) is 19.8 Å². The van der Waals surface area contributed by atoms with Crippen molar-refractivity contribution >= 4 is 32.5 Å². The number of piperidine rings is 1. The van der Waals surface area contributed by atoms with E-state index in [0.717, 1.165) is 29.3 Å². The largest absolute Gasteiger partial charge is 0.494 e. The van der Waals surface area contributed by atoms with Gasteiger partial charge in [0, 0.05) is 37.0 Å². The SMILES string of the molecule is COc1cc(F)c(S(C)(=O)=O)cc1NCC#Cc1cc(C(=O)N[C@H]2CCN(CC(F)(F)F)C[C@@H]2C)c2ncn(CC(F)(F)F)c2c1. The number of ether oxygens (including phenoxy) is 1. The van der Waals surface area contributed by atoms with Crippen LogP contribution in [0.5, 0.6) is 5.75 Å². The third kappa shape index (κ3) is 8.81. The smallest absolute Gasteiger partial charge is 0.406 e. The second-order valence-corrected chi connectivity index (χ2v) is 13.0. The van der Waals surface area contributed by atoms with Crippen molar-refractivity contribution in [3.63, 3.8) is 0 Å². The maximum absolute atomic E-state index is 14.2. The van der Waals surface area contributed by atoms with Crippen molar-refractivity contribution < 1.29 is 48.7 Å². The second-order valence-electron chi connectivity index (χ2n) is 11.0. The lowest BCUT2D eigenvalue weighted by atomic mass is 9.93. The van der Waals surface area contributed by atoms with Crippen LogP contribution in [0, 0.1) is 23.6 Å². The van der Waals surface area contributed by atoms with Crippen LogP contribution >= 0.6 is 0 Å². The first-order valence-electron chi connectivity index (χ1n) is 13.8. The zero-order valence-electron chi connectivity index (χ0n) is 24.8. The summed E-state index contributed by atoms with van der Waals surface area (Å²) in [4.78, 5) is 18.1. The Kier molecular flexibility index (Phi) is 10.1. The van der Waals surface area contributed by atoms with E-state index in [0.29, 0.717) is 0 Å². The normalized spacial score (nSPS) is 17.8. The van der Waals surface area contributed by atoms with Crippen molar-refractivity contribution in [2.45, 2.75) is 43.2 Å². The molecule has 1 fully saturated rings. The molecule has 0 spiro atoms. The first kappa shape index (κ1) is 34.8. The first-order chi connectivity index (χ1) is 21.3. The van der Waals surface area contributed by atoms with E-state index in [9.17, 15) is 43.9 Å². The first-order valence-corrected chi connectivity index (χ1v) is 15.7. The summed E-state index contributed by atoms with van der Waals surface area (Å²) in [6, 6.07) is 4.12. The number of likely N-dealkylation sites (tertiary alicyclic amines) is 1. The fourth-order valence-electron chi connectivity index (χ4n) is 5.23. The van der Waals surface area contributed by atoms with Gasteiger partial charge in [-0.2, -0.15) is 26.3 Å². The molecule has 2 heterocycles. The number of aromatic nitrogens is 2. The summed E-state index contributed by atoms with van der Waals surface area (Å²) in [6.07, 6.45) is -6.94. The summed E-state index contributed by atoms with van der Waals surface area (Å²) in [7, 11) is -2.65. The molecule has 0 saturated carbocycles. The molecule has 0 aliphatic carbocycles. The zero-order valence-corrected chi connectivity index (χ0v) is 25.6. The van der Waals surface area contributed by atoms with Crippen LogP contribution in [0.25, 0.3) is 11.0 Å². The van der Waals surface area contributed by atoms with Crippen molar-refractivity contribution in [2.24, 2.45) is 5.92 Å². The summed E-state index contributed by atoms with van der Waals surface area (Å²) in [6.45, 7) is -0.718. The predicted octanol–water partition coefficient (Wildman–Crippen LogP) is 4.62. The molecule has 46 heavy (non-hydrogen) atoms. The highest BCUT2D eigenvalue weighted by atomic mass is 32.2. The van der Waals surface area contributed by atoms with Gasteiger partial charge in [0.2, 0.25) is 0 Å². The van der Waals surface area contributed by atoms with Gasteiger partial charge in [-0.25, -0.2) is 17.8 Å². The summed E-state index contributed by atoms with van der Waals surface area (Å²) in [5.41, 5.74) is 0.163. The molecule has 0 radical (unpaired) electrons. The molecule has 0 unspecified atom stereocenters. The number of carbonyl (C=O) groups is 1. The number of hydrogen-bond acceptors (Lipinski definition) is 7. The van der Waals surface area contributed by atoms with Crippen LogP contribution in [0.4, 0.5) is 36.4 Å². The Balaban J connectivity index is 1.60. The number of benzene rings is 2. The molecule has 1 saturated heterocycles. The van der Waals surface area contributed by atoms with Gasteiger partial charge in [-0.1, -0.05) is 18.8 Å². The Hall–Kier alpha value is -4.04. The average molecular weight is 678 g/mol. The molecule has 2 N–H and O–H groups in total. The van der Waals surface area contributed by atoms with Crippen LogP contribution < -0.4 is 15.4 Å². The molecule has 17 heteroatoms. The lowest BCUT2D eigenvalue weighted by molar-refractivity contribution is -0.149. The summed E-state index contributed by atoms with van der Waals surface area (Å²) in [5.74, 6) is 3.46.